The number of nitrogens with zero attached hydrogens (tertiary/aromatic N) is 3. The Labute approximate surface area is 211 Å². The highest BCUT2D eigenvalue weighted by Gasteiger charge is 2.35. The van der Waals surface area contributed by atoms with Gasteiger partial charge in [-0.2, -0.15) is 0 Å². The number of benzene rings is 2. The Morgan fingerprint density at radius 2 is 1.85 bits per heavy atom. The molecule has 33 heavy (non-hydrogen) atoms. The summed E-state index contributed by atoms with van der Waals surface area (Å²) < 4.78 is 19.1. The van der Waals surface area contributed by atoms with Gasteiger partial charge in [-0.05, 0) is 36.1 Å². The third-order valence-electron chi connectivity index (χ3n) is 6.16. The van der Waals surface area contributed by atoms with Gasteiger partial charge < -0.3 is 19.9 Å². The number of aliphatic imine (C=N–C) groups is 1. The van der Waals surface area contributed by atoms with Gasteiger partial charge >= 0.3 is 0 Å². The van der Waals surface area contributed by atoms with E-state index in [1.54, 1.807) is 7.05 Å². The molecule has 8 heteroatoms. The van der Waals surface area contributed by atoms with Gasteiger partial charge in [0, 0.05) is 39.3 Å². The van der Waals surface area contributed by atoms with E-state index in [9.17, 15) is 4.39 Å². The summed E-state index contributed by atoms with van der Waals surface area (Å²) >= 11 is 0. The molecule has 0 amide bonds. The fourth-order valence-corrected chi connectivity index (χ4v) is 4.27. The third kappa shape index (κ3) is 6.11. The lowest BCUT2D eigenvalue weighted by molar-refractivity contribution is 0.0512. The van der Waals surface area contributed by atoms with Gasteiger partial charge in [0.05, 0.1) is 18.4 Å². The maximum atomic E-state index is 13.5. The van der Waals surface area contributed by atoms with E-state index in [-0.39, 0.29) is 35.2 Å². The summed E-state index contributed by atoms with van der Waals surface area (Å²) in [5.41, 5.74) is 3.12. The number of rotatable bonds is 6. The van der Waals surface area contributed by atoms with Crippen molar-refractivity contribution in [1.29, 1.82) is 0 Å². The molecule has 1 saturated heterocycles. The zero-order valence-corrected chi connectivity index (χ0v) is 21.4. The van der Waals surface area contributed by atoms with Crippen molar-refractivity contribution in [3.05, 3.63) is 78.0 Å². The summed E-state index contributed by atoms with van der Waals surface area (Å²) in [6.07, 6.45) is 3.62. The largest absolute Gasteiger partial charge is 0.381 e. The maximum absolute atomic E-state index is 13.5. The topological polar surface area (TPSA) is 65.5 Å². The SMILES string of the molecule is CN=C(NCC1(c2ccc(F)cc2)CCOCC1)N(C)Cc1ncc(-c2ccccc2)[nH]1.I. The van der Waals surface area contributed by atoms with Gasteiger partial charge in [0.1, 0.15) is 11.6 Å². The van der Waals surface area contributed by atoms with Crippen LogP contribution in [0.25, 0.3) is 11.3 Å². The Balaban J connectivity index is 0.00000306. The van der Waals surface area contributed by atoms with Gasteiger partial charge in [-0.15, -0.1) is 24.0 Å². The molecule has 0 aliphatic carbocycles. The predicted octanol–water partition coefficient (Wildman–Crippen LogP) is 4.59. The summed E-state index contributed by atoms with van der Waals surface area (Å²) in [7, 11) is 3.78. The maximum Gasteiger partial charge on any atom is 0.193 e. The highest BCUT2D eigenvalue weighted by atomic mass is 127. The van der Waals surface area contributed by atoms with Crippen molar-refractivity contribution >= 4 is 29.9 Å². The summed E-state index contributed by atoms with van der Waals surface area (Å²) in [5.74, 6) is 1.44. The Bertz CT molecular complexity index is 1030. The number of hydrogen-bond acceptors (Lipinski definition) is 3. The molecule has 0 spiro atoms. The van der Waals surface area contributed by atoms with Crippen molar-refractivity contribution in [2.45, 2.75) is 24.8 Å². The van der Waals surface area contributed by atoms with Crippen LogP contribution in [0.3, 0.4) is 0 Å². The van der Waals surface area contributed by atoms with Gasteiger partial charge in [0.15, 0.2) is 5.96 Å². The van der Waals surface area contributed by atoms with Gasteiger partial charge in [-0.1, -0.05) is 42.5 Å². The monoisotopic (exact) mass is 563 g/mol. The first-order valence-corrected chi connectivity index (χ1v) is 10.9. The molecule has 2 aromatic carbocycles. The van der Waals surface area contributed by atoms with Gasteiger partial charge in [-0.25, -0.2) is 9.37 Å². The molecule has 1 fully saturated rings. The second-order valence-electron chi connectivity index (χ2n) is 8.27. The van der Waals surface area contributed by atoms with E-state index >= 15 is 0 Å². The number of H-pyrrole nitrogens is 1. The molecule has 1 aliphatic heterocycles. The van der Waals surface area contributed by atoms with E-state index in [1.807, 2.05) is 48.5 Å². The fraction of sp³-hybridized carbons (Fsp3) is 0.360. The average Bonchev–Trinajstić information content (AvgIpc) is 3.29. The first-order valence-electron chi connectivity index (χ1n) is 10.9. The smallest absolute Gasteiger partial charge is 0.193 e. The molecule has 3 aromatic rings. The molecule has 1 aromatic heterocycles. The van der Waals surface area contributed by atoms with Crippen molar-refractivity contribution in [2.75, 3.05) is 33.9 Å². The molecular formula is C25H31FIN5O. The van der Waals surface area contributed by atoms with Crippen molar-refractivity contribution in [1.82, 2.24) is 20.2 Å². The number of ether oxygens (including phenoxy) is 1. The quantitative estimate of drug-likeness (QED) is 0.262. The number of halogens is 2. The molecule has 0 atom stereocenters. The molecule has 2 heterocycles. The van der Waals surface area contributed by atoms with E-state index in [2.05, 4.69) is 32.4 Å². The van der Waals surface area contributed by atoms with E-state index in [4.69, 9.17) is 4.74 Å². The summed E-state index contributed by atoms with van der Waals surface area (Å²) in [6.45, 7) is 2.69. The van der Waals surface area contributed by atoms with Crippen LogP contribution in [0.1, 0.15) is 24.2 Å². The molecule has 1 aliphatic rings. The number of hydrogen-bond donors (Lipinski definition) is 2. The van der Waals surface area contributed by atoms with Crippen LogP contribution < -0.4 is 5.32 Å². The number of aromatic nitrogens is 2. The summed E-state index contributed by atoms with van der Waals surface area (Å²) in [6, 6.07) is 17.0. The molecule has 0 unspecified atom stereocenters. The molecule has 0 saturated carbocycles. The van der Waals surface area contributed by atoms with Crippen molar-refractivity contribution in [2.24, 2.45) is 4.99 Å². The average molecular weight is 563 g/mol. The van der Waals surface area contributed by atoms with E-state index < -0.39 is 0 Å². The molecule has 0 bridgehead atoms. The van der Waals surface area contributed by atoms with Crippen LogP contribution in [0.15, 0.2) is 65.8 Å². The second-order valence-corrected chi connectivity index (χ2v) is 8.27. The van der Waals surface area contributed by atoms with Crippen molar-refractivity contribution in [3.63, 3.8) is 0 Å². The highest BCUT2D eigenvalue weighted by molar-refractivity contribution is 14.0. The van der Waals surface area contributed by atoms with Crippen LogP contribution in [0.2, 0.25) is 0 Å². The second kappa shape index (κ2) is 11.6. The minimum Gasteiger partial charge on any atom is -0.381 e. The molecule has 176 valence electrons. The highest BCUT2D eigenvalue weighted by Crippen LogP contribution is 2.34. The molecule has 0 radical (unpaired) electrons. The van der Waals surface area contributed by atoms with E-state index in [1.165, 1.54) is 12.1 Å². The first kappa shape index (κ1) is 25.2. The van der Waals surface area contributed by atoms with Crippen LogP contribution >= 0.6 is 24.0 Å². The van der Waals surface area contributed by atoms with Gasteiger partial charge in [-0.3, -0.25) is 4.99 Å². The van der Waals surface area contributed by atoms with Gasteiger partial charge in [0.2, 0.25) is 0 Å². The van der Waals surface area contributed by atoms with E-state index in [0.29, 0.717) is 26.3 Å². The fourth-order valence-electron chi connectivity index (χ4n) is 4.27. The van der Waals surface area contributed by atoms with E-state index in [0.717, 1.165) is 41.4 Å². The third-order valence-corrected chi connectivity index (χ3v) is 6.16. The molecule has 4 rings (SSSR count). The summed E-state index contributed by atoms with van der Waals surface area (Å²) in [4.78, 5) is 14.5. The predicted molar refractivity (Wildman–Crippen MR) is 140 cm³/mol. The zero-order valence-electron chi connectivity index (χ0n) is 19.1. The molecule has 6 nitrogen and oxygen atoms in total. The van der Waals surface area contributed by atoms with Crippen LogP contribution in [0.5, 0.6) is 0 Å². The number of aromatic amines is 1. The van der Waals surface area contributed by atoms with Gasteiger partial charge in [0.25, 0.3) is 0 Å². The van der Waals surface area contributed by atoms with Crippen LogP contribution in [0, 0.1) is 5.82 Å². The van der Waals surface area contributed by atoms with Crippen LogP contribution in [-0.4, -0.2) is 54.7 Å². The Morgan fingerprint density at radius 1 is 1.15 bits per heavy atom. The standard InChI is InChI=1S/C25H30FN5O.HI/c1-27-24(31(2)17-23-28-16-22(30-23)19-6-4-3-5-7-19)29-18-25(12-14-32-15-13-25)20-8-10-21(26)11-9-20;/h3-11,16H,12-15,17-18H2,1-2H3,(H,27,29)(H,28,30);1H. The Morgan fingerprint density at radius 3 is 2.52 bits per heavy atom. The number of guanidine groups is 1. The Hall–Kier alpha value is -2.46. The molecule has 2 N–H and O–H groups in total. The van der Waals surface area contributed by atoms with Crippen molar-refractivity contribution < 1.29 is 9.13 Å². The lowest BCUT2D eigenvalue weighted by atomic mass is 9.74. The first-order chi connectivity index (χ1) is 15.6. The minimum atomic E-state index is -0.215. The van der Waals surface area contributed by atoms with Crippen LogP contribution in [-0.2, 0) is 16.7 Å². The van der Waals surface area contributed by atoms with Crippen LogP contribution in [0.4, 0.5) is 4.39 Å². The lowest BCUT2D eigenvalue weighted by Crippen LogP contribution is -2.48. The number of imidazole rings is 1. The van der Waals surface area contributed by atoms with Crippen molar-refractivity contribution in [3.8, 4) is 11.3 Å². The number of nitrogens with one attached hydrogen (secondary N) is 2. The molecular weight excluding hydrogens is 532 g/mol. The Kier molecular flexibility index (Phi) is 8.85. The summed E-state index contributed by atoms with van der Waals surface area (Å²) in [5, 5.41) is 3.54. The zero-order chi connectivity index (χ0) is 22.4. The lowest BCUT2D eigenvalue weighted by Gasteiger charge is -2.39. The normalized spacial score (nSPS) is 15.5. The minimum absolute atomic E-state index is 0.